The Labute approximate surface area is 55.8 Å². The number of hydrogen-bond acceptors (Lipinski definition) is 2. The molecule has 1 unspecified atom stereocenters. The van der Waals surface area contributed by atoms with Crippen molar-refractivity contribution in [3.63, 3.8) is 0 Å². The Morgan fingerprint density at radius 3 is 2.78 bits per heavy atom. The standard InChI is InChI=1S/C7H13NO/c1-7(4-6-9)3-2-5-8/h5-8H,2-4H2,1H3. The van der Waals surface area contributed by atoms with Crippen LogP contribution in [0.15, 0.2) is 0 Å². The van der Waals surface area contributed by atoms with Crippen LogP contribution in [0.3, 0.4) is 0 Å². The van der Waals surface area contributed by atoms with E-state index >= 15 is 0 Å². The summed E-state index contributed by atoms with van der Waals surface area (Å²) in [6.07, 6.45) is 4.72. The Morgan fingerprint density at radius 2 is 2.33 bits per heavy atom. The Hall–Kier alpha value is -0.660. The quantitative estimate of drug-likeness (QED) is 0.442. The first-order chi connectivity index (χ1) is 4.31. The van der Waals surface area contributed by atoms with Gasteiger partial charge in [-0.25, -0.2) is 0 Å². The molecule has 9 heavy (non-hydrogen) atoms. The minimum Gasteiger partial charge on any atom is -0.313 e. The fraction of sp³-hybridized carbons (Fsp3) is 0.714. The van der Waals surface area contributed by atoms with Crippen LogP contribution in [-0.2, 0) is 4.79 Å². The average molecular weight is 127 g/mol. The monoisotopic (exact) mass is 127 g/mol. The minimum absolute atomic E-state index is 0.448. The molecule has 0 aromatic rings. The van der Waals surface area contributed by atoms with Gasteiger partial charge in [0.05, 0.1) is 0 Å². The summed E-state index contributed by atoms with van der Waals surface area (Å²) in [6.45, 7) is 2.03. The van der Waals surface area contributed by atoms with Crippen LogP contribution in [0.25, 0.3) is 0 Å². The van der Waals surface area contributed by atoms with Gasteiger partial charge in [0, 0.05) is 6.42 Å². The third-order valence-electron chi connectivity index (χ3n) is 1.30. The van der Waals surface area contributed by atoms with Crippen LogP contribution in [0, 0.1) is 11.3 Å². The van der Waals surface area contributed by atoms with Crippen LogP contribution in [0.2, 0.25) is 0 Å². The van der Waals surface area contributed by atoms with E-state index in [9.17, 15) is 4.79 Å². The fourth-order valence-corrected chi connectivity index (χ4v) is 0.650. The summed E-state index contributed by atoms with van der Waals surface area (Å²) in [5.74, 6) is 0.448. The van der Waals surface area contributed by atoms with Gasteiger partial charge in [-0.2, -0.15) is 0 Å². The molecule has 0 aliphatic carbocycles. The van der Waals surface area contributed by atoms with Gasteiger partial charge in [-0.1, -0.05) is 6.92 Å². The SMILES string of the molecule is CC(CC=O)CCC=N. The van der Waals surface area contributed by atoms with Crippen LogP contribution in [0.4, 0.5) is 0 Å². The largest absolute Gasteiger partial charge is 0.313 e. The number of nitrogens with one attached hydrogen (secondary N) is 1. The van der Waals surface area contributed by atoms with E-state index in [1.807, 2.05) is 6.92 Å². The van der Waals surface area contributed by atoms with Crippen molar-refractivity contribution in [1.82, 2.24) is 0 Å². The van der Waals surface area contributed by atoms with E-state index in [-0.39, 0.29) is 0 Å². The van der Waals surface area contributed by atoms with Gasteiger partial charge in [-0.05, 0) is 25.0 Å². The lowest BCUT2D eigenvalue weighted by molar-refractivity contribution is -0.108. The molecule has 0 aliphatic rings. The van der Waals surface area contributed by atoms with Crippen molar-refractivity contribution < 1.29 is 4.79 Å². The van der Waals surface area contributed by atoms with Crippen LogP contribution in [-0.4, -0.2) is 12.5 Å². The lowest BCUT2D eigenvalue weighted by Crippen LogP contribution is -1.94. The maximum Gasteiger partial charge on any atom is 0.120 e. The molecule has 1 atom stereocenters. The lowest BCUT2D eigenvalue weighted by atomic mass is 10.0. The average Bonchev–Trinajstić information content (AvgIpc) is 1.85. The molecule has 0 bridgehead atoms. The van der Waals surface area contributed by atoms with Crippen molar-refractivity contribution in [2.24, 2.45) is 5.92 Å². The highest BCUT2D eigenvalue weighted by atomic mass is 16.1. The molecular formula is C7H13NO. The molecular weight excluding hydrogens is 114 g/mol. The first kappa shape index (κ1) is 8.34. The van der Waals surface area contributed by atoms with Crippen molar-refractivity contribution in [2.75, 3.05) is 0 Å². The number of carbonyl (C=O) groups excluding carboxylic acids is 1. The molecule has 0 amide bonds. The van der Waals surface area contributed by atoms with E-state index in [1.165, 1.54) is 6.21 Å². The summed E-state index contributed by atoms with van der Waals surface area (Å²) < 4.78 is 0. The van der Waals surface area contributed by atoms with Crippen LogP contribution < -0.4 is 0 Å². The van der Waals surface area contributed by atoms with Gasteiger partial charge in [-0.15, -0.1) is 0 Å². The zero-order valence-electron chi connectivity index (χ0n) is 5.76. The Kier molecular flexibility index (Phi) is 5.07. The molecule has 0 aromatic carbocycles. The summed E-state index contributed by atoms with van der Waals surface area (Å²) in [7, 11) is 0. The van der Waals surface area contributed by atoms with Gasteiger partial charge < -0.3 is 10.2 Å². The van der Waals surface area contributed by atoms with Crippen molar-refractivity contribution in [3.05, 3.63) is 0 Å². The van der Waals surface area contributed by atoms with Gasteiger partial charge in [0.15, 0.2) is 0 Å². The Balaban J connectivity index is 3.14. The first-order valence-electron chi connectivity index (χ1n) is 3.23. The van der Waals surface area contributed by atoms with E-state index in [0.717, 1.165) is 19.1 Å². The smallest absolute Gasteiger partial charge is 0.120 e. The predicted octanol–water partition coefficient (Wildman–Crippen LogP) is 1.64. The van der Waals surface area contributed by atoms with E-state index in [4.69, 9.17) is 5.41 Å². The maximum absolute atomic E-state index is 9.92. The Morgan fingerprint density at radius 1 is 1.67 bits per heavy atom. The third-order valence-corrected chi connectivity index (χ3v) is 1.30. The zero-order valence-corrected chi connectivity index (χ0v) is 5.76. The summed E-state index contributed by atoms with van der Waals surface area (Å²) in [4.78, 5) is 9.92. The third kappa shape index (κ3) is 5.21. The fourth-order valence-electron chi connectivity index (χ4n) is 0.650. The molecule has 0 aromatic heterocycles. The van der Waals surface area contributed by atoms with Crippen molar-refractivity contribution in [2.45, 2.75) is 26.2 Å². The molecule has 0 saturated carbocycles. The zero-order chi connectivity index (χ0) is 7.11. The second-order valence-corrected chi connectivity index (χ2v) is 2.29. The van der Waals surface area contributed by atoms with E-state index in [2.05, 4.69) is 0 Å². The summed E-state index contributed by atoms with van der Waals surface area (Å²) in [6, 6.07) is 0. The van der Waals surface area contributed by atoms with Crippen LogP contribution in [0.1, 0.15) is 26.2 Å². The topological polar surface area (TPSA) is 40.9 Å². The molecule has 0 radical (unpaired) electrons. The molecule has 0 saturated heterocycles. The lowest BCUT2D eigenvalue weighted by Gasteiger charge is -2.01. The molecule has 0 aliphatic heterocycles. The van der Waals surface area contributed by atoms with Gasteiger partial charge in [0.2, 0.25) is 0 Å². The number of hydrogen-bond donors (Lipinski definition) is 1. The van der Waals surface area contributed by atoms with Gasteiger partial charge >= 0.3 is 0 Å². The summed E-state index contributed by atoms with van der Waals surface area (Å²) >= 11 is 0. The first-order valence-corrected chi connectivity index (χ1v) is 3.23. The number of rotatable bonds is 5. The summed E-state index contributed by atoms with van der Waals surface area (Å²) in [5, 5.41) is 6.71. The molecule has 0 heterocycles. The summed E-state index contributed by atoms with van der Waals surface area (Å²) in [5.41, 5.74) is 0. The van der Waals surface area contributed by atoms with Crippen molar-refractivity contribution in [3.8, 4) is 0 Å². The highest BCUT2D eigenvalue weighted by Crippen LogP contribution is 2.06. The minimum atomic E-state index is 0.448. The molecule has 0 rings (SSSR count). The second kappa shape index (κ2) is 5.48. The van der Waals surface area contributed by atoms with Gasteiger partial charge in [-0.3, -0.25) is 0 Å². The Bertz CT molecular complexity index is 90.9. The second-order valence-electron chi connectivity index (χ2n) is 2.29. The molecule has 0 spiro atoms. The normalized spacial score (nSPS) is 12.6. The van der Waals surface area contributed by atoms with E-state index < -0.39 is 0 Å². The predicted molar refractivity (Wildman–Crippen MR) is 37.9 cm³/mol. The molecule has 2 heteroatoms. The van der Waals surface area contributed by atoms with E-state index in [1.54, 1.807) is 0 Å². The van der Waals surface area contributed by atoms with E-state index in [0.29, 0.717) is 12.3 Å². The number of carbonyl (C=O) groups is 1. The highest BCUT2D eigenvalue weighted by molar-refractivity contribution is 5.53. The van der Waals surface area contributed by atoms with Crippen molar-refractivity contribution in [1.29, 1.82) is 5.41 Å². The molecule has 0 fully saturated rings. The van der Waals surface area contributed by atoms with Gasteiger partial charge in [0.25, 0.3) is 0 Å². The highest BCUT2D eigenvalue weighted by Gasteiger charge is 1.97. The molecule has 1 N–H and O–H groups in total. The molecule has 2 nitrogen and oxygen atoms in total. The van der Waals surface area contributed by atoms with Crippen LogP contribution >= 0.6 is 0 Å². The van der Waals surface area contributed by atoms with Gasteiger partial charge in [0.1, 0.15) is 6.29 Å². The maximum atomic E-state index is 9.92. The number of aldehydes is 1. The molecule has 52 valence electrons. The van der Waals surface area contributed by atoms with Crippen LogP contribution in [0.5, 0.6) is 0 Å². The van der Waals surface area contributed by atoms with Crippen molar-refractivity contribution >= 4 is 12.5 Å².